The molecule has 0 aliphatic carbocycles. The van der Waals surface area contributed by atoms with Crippen LogP contribution in [0.3, 0.4) is 0 Å². The van der Waals surface area contributed by atoms with Gasteiger partial charge in [-0.1, -0.05) is 64.4 Å². The zero-order chi connectivity index (χ0) is 41.3. The Bertz CT molecular complexity index is 1980. The number of hydrogen-bond donors (Lipinski definition) is 1. The Morgan fingerprint density at radius 3 is 2.71 bits per heavy atom. The summed E-state index contributed by atoms with van der Waals surface area (Å²) in [6.07, 6.45) is -15.7. The molecule has 31 heavy (non-hydrogen) atoms. The van der Waals surface area contributed by atoms with Crippen LogP contribution in [-0.4, -0.2) is 33.7 Å². The molecule has 0 unspecified atom stereocenters. The van der Waals surface area contributed by atoms with Gasteiger partial charge in [-0.2, -0.15) is 5.10 Å². The first-order chi connectivity index (χ1) is 23.6. The van der Waals surface area contributed by atoms with Crippen LogP contribution in [0.25, 0.3) is 16.9 Å². The monoisotopic (exact) mass is 542 g/mol. The van der Waals surface area contributed by atoms with Crippen molar-refractivity contribution in [2.45, 2.75) is 32.3 Å². The van der Waals surface area contributed by atoms with E-state index < -0.39 is 141 Å². The Kier molecular flexibility index (Phi) is 2.47. The van der Waals surface area contributed by atoms with E-state index >= 15 is 0 Å². The van der Waals surface area contributed by atoms with Gasteiger partial charge in [0.25, 0.3) is 5.91 Å². The maximum Gasteiger partial charge on any atom is 0.286 e. The fourth-order valence-corrected chi connectivity index (χ4v) is 3.05. The molecule has 2 aromatic carbocycles. The summed E-state index contributed by atoms with van der Waals surface area (Å²) < 4.78 is 182. The summed E-state index contributed by atoms with van der Waals surface area (Å²) in [5, 5.41) is 1.73. The highest BCUT2D eigenvalue weighted by atomic mass is 79.9. The summed E-state index contributed by atoms with van der Waals surface area (Å²) in [4.78, 5) is 14.2. The first-order valence-electron chi connectivity index (χ1n) is 19.1. The van der Waals surface area contributed by atoms with E-state index in [1.165, 1.54) is 5.43 Å². The minimum atomic E-state index is -3.99. The largest absolute Gasteiger partial charge is 0.286 e. The Morgan fingerprint density at radius 1 is 1.26 bits per heavy atom. The molecule has 1 N–H and O–H groups in total. The lowest BCUT2D eigenvalue weighted by atomic mass is 10.0. The first kappa shape index (κ1) is 7.87. The van der Waals surface area contributed by atoms with Gasteiger partial charge in [0.2, 0.25) is 0 Å². The van der Waals surface area contributed by atoms with Crippen LogP contribution in [0.15, 0.2) is 46.8 Å². The van der Waals surface area contributed by atoms with Crippen LogP contribution < -0.4 is 5.43 Å². The number of rotatable bonds is 5. The number of hydrazine groups is 1. The molecule has 4 rings (SSSR count). The van der Waals surface area contributed by atoms with E-state index in [2.05, 4.69) is 21.0 Å². The number of nitrogens with zero attached hydrogens (tertiary/aromatic N) is 3. The Hall–Kier alpha value is -1.86. The summed E-state index contributed by atoms with van der Waals surface area (Å²) in [5.74, 6) is -2.03. The van der Waals surface area contributed by atoms with Gasteiger partial charge >= 0.3 is 0 Å². The zero-order valence-corrected chi connectivity index (χ0v) is 18.0. The van der Waals surface area contributed by atoms with E-state index in [-0.39, 0.29) is 4.68 Å². The zero-order valence-electron chi connectivity index (χ0n) is 36.9. The molecule has 2 heterocycles. The van der Waals surface area contributed by atoms with Gasteiger partial charge in [0.15, 0.2) is 5.69 Å². The van der Waals surface area contributed by atoms with Gasteiger partial charge in [-0.15, -0.1) is 0 Å². The molecule has 1 amide bonds. The molecule has 5 nitrogen and oxygen atoms in total. The molecule has 0 atom stereocenters. The molecule has 1 aliphatic rings. The number of piperidine rings is 1. The molecular weight excluding hydrogens is 499 g/mol. The molecule has 0 spiro atoms. The third kappa shape index (κ3) is 4.82. The van der Waals surface area contributed by atoms with Gasteiger partial charge in [-0.05, 0) is 49.3 Å². The van der Waals surface area contributed by atoms with Crippen LogP contribution in [0.5, 0.6) is 0 Å². The van der Waals surface area contributed by atoms with Crippen molar-refractivity contribution in [1.29, 1.82) is 0 Å². The van der Waals surface area contributed by atoms with Gasteiger partial charge in [-0.3, -0.25) is 10.2 Å². The number of nitrogens with one attached hydrogen (secondary N) is 1. The average molecular weight is 544 g/mol. The number of benzene rings is 2. The van der Waals surface area contributed by atoms with Crippen molar-refractivity contribution in [1.82, 2.24) is 20.2 Å². The standard InChI is InChI=1S/C23H23BrCl2N4O/c1-2-18-21(23(31)28-29-12-4-3-5-13-29)27-30(20-11-10-17(25)14-19(20)26)22(18)15-6-8-16(24)9-7-15/h6-11,14H,2-5,12-13H2,1H3,(H,28,31)/i1D3,2D2,3D2,4D2,5D2,6D,7D,8D,9D,10D,11D,12D2,13D2,14D. The number of halogens is 3. The molecule has 1 aromatic heterocycles. The van der Waals surface area contributed by atoms with E-state index in [9.17, 15) is 4.79 Å². The number of carbonyl (C=O) groups is 1. The van der Waals surface area contributed by atoms with Crippen LogP contribution in [0, 0.1) is 0 Å². The summed E-state index contributed by atoms with van der Waals surface area (Å²) in [5.41, 5.74) is -4.52. The number of hydrogen-bond acceptors (Lipinski definition) is 3. The van der Waals surface area contributed by atoms with Crippen LogP contribution in [0.2, 0.25) is 10.0 Å². The molecule has 0 bridgehead atoms. The lowest BCUT2D eigenvalue weighted by Gasteiger charge is -2.26. The molecule has 0 saturated carbocycles. The van der Waals surface area contributed by atoms with Crippen LogP contribution in [-0.2, 0) is 6.37 Å². The highest BCUT2D eigenvalue weighted by molar-refractivity contribution is 9.10. The van der Waals surface area contributed by atoms with Crippen molar-refractivity contribution < 1.29 is 35.0 Å². The molecule has 0 radical (unpaired) electrons. The van der Waals surface area contributed by atoms with Gasteiger partial charge in [-0.25, -0.2) is 9.69 Å². The normalized spacial score (nSPS) is 33.9. The summed E-state index contributed by atoms with van der Waals surface area (Å²) in [6.45, 7) is -11.8. The van der Waals surface area contributed by atoms with E-state index in [4.69, 9.17) is 53.4 Å². The highest BCUT2D eigenvalue weighted by Gasteiger charge is 2.26. The lowest BCUT2D eigenvalue weighted by Crippen LogP contribution is -2.45. The van der Waals surface area contributed by atoms with E-state index in [0.29, 0.717) is 0 Å². The smallest absolute Gasteiger partial charge is 0.283 e. The maximum atomic E-state index is 14.2. The molecule has 3 aromatic rings. The Balaban J connectivity index is 2.27. The second-order valence-corrected chi connectivity index (χ2v) is 7.07. The van der Waals surface area contributed by atoms with Crippen LogP contribution >= 0.6 is 39.1 Å². The Morgan fingerprint density at radius 2 is 2.00 bits per heavy atom. The van der Waals surface area contributed by atoms with Gasteiger partial charge in [0.05, 0.1) is 26.0 Å². The van der Waals surface area contributed by atoms with Crippen molar-refractivity contribution in [3.8, 4) is 16.9 Å². The van der Waals surface area contributed by atoms with Gasteiger partial charge in [0.1, 0.15) is 0 Å². The average Bonchev–Trinajstić information content (AvgIpc) is 3.42. The van der Waals surface area contributed by atoms with Crippen molar-refractivity contribution >= 4 is 45.0 Å². The third-order valence-electron chi connectivity index (χ3n) is 3.66. The van der Waals surface area contributed by atoms with Crippen LogP contribution in [0.1, 0.15) is 72.2 Å². The fourth-order valence-electron chi connectivity index (χ4n) is 2.44. The first-order valence-corrected chi connectivity index (χ1v) is 9.61. The van der Waals surface area contributed by atoms with Crippen molar-refractivity contribution in [3.05, 3.63) is 68.1 Å². The quantitative estimate of drug-likeness (QED) is 0.410. The van der Waals surface area contributed by atoms with Crippen molar-refractivity contribution in [2.75, 3.05) is 13.0 Å². The fraction of sp³-hybridized carbons (Fsp3) is 0.304. The molecule has 1 saturated heterocycles. The molecular formula is C23H23BrCl2N4O. The predicted molar refractivity (Wildman–Crippen MR) is 129 cm³/mol. The second kappa shape index (κ2) is 9.74. The highest BCUT2D eigenvalue weighted by Crippen LogP contribution is 2.34. The van der Waals surface area contributed by atoms with E-state index in [1.54, 1.807) is 0 Å². The lowest BCUT2D eigenvalue weighted by molar-refractivity contribution is 0.0743. The van der Waals surface area contributed by atoms with E-state index in [1.807, 2.05) is 0 Å². The number of amides is 1. The Labute approximate surface area is 231 Å². The summed E-state index contributed by atoms with van der Waals surface area (Å²) >= 11 is 15.2. The van der Waals surface area contributed by atoms with E-state index in [0.717, 1.165) is 0 Å². The maximum absolute atomic E-state index is 14.2. The van der Waals surface area contributed by atoms with Gasteiger partial charge < -0.3 is 0 Å². The number of aromatic nitrogens is 2. The summed E-state index contributed by atoms with van der Waals surface area (Å²) in [6, 6.07) is -6.56. The van der Waals surface area contributed by atoms with Crippen molar-refractivity contribution in [3.63, 3.8) is 0 Å². The minimum Gasteiger partial charge on any atom is -0.283 e. The molecule has 8 heteroatoms. The predicted octanol–water partition coefficient (Wildman–Crippen LogP) is 6.30. The SMILES string of the molecule is [2H]c1c([2H])c(-n2nc(C(=O)NN3C([2H])([2H])C([2H])([2H])C([2H])([2H])C([2H])([2H])C3([2H])[2H])c(C([2H])([2H])C([2H])([2H])[2H])c2-c2c([2H])c([2H])c(Br)c([2H])c2[2H])c(Cl)c([2H])c1Cl. The number of carbonyl (C=O) groups excluding carboxylic acids is 1. The second-order valence-electron chi connectivity index (χ2n) is 5.52. The third-order valence-corrected chi connectivity index (χ3v) is 4.52. The topological polar surface area (TPSA) is 50.2 Å². The summed E-state index contributed by atoms with van der Waals surface area (Å²) in [7, 11) is 0. The molecule has 162 valence electrons. The minimum absolute atomic E-state index is 0.250. The molecule has 1 aliphatic heterocycles. The van der Waals surface area contributed by atoms with Crippen molar-refractivity contribution in [2.24, 2.45) is 0 Å². The van der Waals surface area contributed by atoms with Gasteiger partial charge in [0, 0.05) is 54.2 Å². The molecule has 1 fully saturated rings. The van der Waals surface area contributed by atoms with Crippen LogP contribution in [0.4, 0.5) is 0 Å².